The molecule has 1 aromatic carbocycles. The van der Waals surface area contributed by atoms with Crippen molar-refractivity contribution in [1.29, 1.82) is 0 Å². The Morgan fingerprint density at radius 1 is 1.10 bits per heavy atom. The van der Waals surface area contributed by atoms with Crippen LogP contribution in [-0.2, 0) is 17.6 Å². The first-order valence-corrected chi connectivity index (χ1v) is 9.88. The van der Waals surface area contributed by atoms with E-state index in [0.29, 0.717) is 21.5 Å². The minimum Gasteiger partial charge on any atom is -0.299 e. The Morgan fingerprint density at radius 3 is 2.55 bits per heavy atom. The van der Waals surface area contributed by atoms with Crippen molar-refractivity contribution in [2.24, 2.45) is 0 Å². The monoisotopic (exact) mass is 428 g/mol. The van der Waals surface area contributed by atoms with Gasteiger partial charge in [0.05, 0.1) is 23.1 Å². The van der Waals surface area contributed by atoms with Gasteiger partial charge in [0.25, 0.3) is 0 Å². The molecule has 0 saturated carbocycles. The van der Waals surface area contributed by atoms with Crippen molar-refractivity contribution >= 4 is 34.6 Å². The second kappa shape index (κ2) is 7.93. The summed E-state index contributed by atoms with van der Waals surface area (Å²) in [6.07, 6.45) is 5.42. The molecule has 0 radical (unpaired) electrons. The lowest BCUT2D eigenvalue weighted by atomic mass is 9.98. The lowest BCUT2D eigenvalue weighted by Gasteiger charge is -2.14. The molecule has 0 saturated heterocycles. The zero-order valence-electron chi connectivity index (χ0n) is 15.9. The van der Waals surface area contributed by atoms with Gasteiger partial charge in [0.1, 0.15) is 11.5 Å². The third kappa shape index (κ3) is 4.02. The molecule has 4 aromatic rings. The van der Waals surface area contributed by atoms with Crippen LogP contribution in [0.15, 0.2) is 42.9 Å². The fourth-order valence-corrected chi connectivity index (χ4v) is 3.83. The Bertz CT molecular complexity index is 1180. The normalized spacial score (nSPS) is 11.5. The summed E-state index contributed by atoms with van der Waals surface area (Å²) in [5.41, 5.74) is 3.96. The Balaban J connectivity index is 1.56. The zero-order chi connectivity index (χ0) is 20.5. The molecule has 0 bridgehead atoms. The first kappa shape index (κ1) is 19.5. The van der Waals surface area contributed by atoms with Crippen LogP contribution in [0, 0.1) is 0 Å². The number of halogens is 2. The highest BCUT2D eigenvalue weighted by molar-refractivity contribution is 6.32. The number of carbonyl (C=O) groups is 1. The number of rotatable bonds is 6. The van der Waals surface area contributed by atoms with Gasteiger partial charge in [0.2, 0.25) is 0 Å². The zero-order valence-corrected chi connectivity index (χ0v) is 17.4. The molecule has 4 rings (SSSR count). The Kier molecular flexibility index (Phi) is 5.34. The van der Waals surface area contributed by atoms with Crippen LogP contribution in [0.4, 0.5) is 0 Å². The number of carbonyl (C=O) groups excluding carboxylic acids is 1. The summed E-state index contributed by atoms with van der Waals surface area (Å²) < 4.78 is 1.72. The van der Waals surface area contributed by atoms with E-state index in [0.717, 1.165) is 16.8 Å². The fraction of sp³-hybridized carbons (Fsp3) is 0.250. The first-order valence-electron chi connectivity index (χ1n) is 9.12. The lowest BCUT2D eigenvalue weighted by molar-refractivity contribution is -0.117. The van der Waals surface area contributed by atoms with E-state index in [9.17, 15) is 4.79 Å². The number of hydrogen-bond donors (Lipinski definition) is 0. The molecule has 0 spiro atoms. The van der Waals surface area contributed by atoms with Gasteiger partial charge in [-0.1, -0.05) is 43.1 Å². The predicted molar refractivity (Wildman–Crippen MR) is 111 cm³/mol. The third-order valence-corrected chi connectivity index (χ3v) is 5.04. The number of benzene rings is 1. The van der Waals surface area contributed by atoms with Crippen molar-refractivity contribution in [3.05, 3.63) is 69.9 Å². The van der Waals surface area contributed by atoms with E-state index in [1.165, 1.54) is 4.80 Å². The van der Waals surface area contributed by atoms with Crippen LogP contribution in [0.25, 0.3) is 11.3 Å². The smallest absolute Gasteiger partial charge is 0.156 e. The molecular formula is C20H18Cl2N6O. The second-order valence-electron chi connectivity index (χ2n) is 7.06. The van der Waals surface area contributed by atoms with Gasteiger partial charge >= 0.3 is 0 Å². The van der Waals surface area contributed by atoms with Crippen LogP contribution in [0.1, 0.15) is 36.6 Å². The Hall–Kier alpha value is -2.77. The molecule has 0 atom stereocenters. The van der Waals surface area contributed by atoms with Crippen molar-refractivity contribution in [3.8, 4) is 5.69 Å². The number of ketones is 1. The molecule has 9 heteroatoms. The lowest BCUT2D eigenvalue weighted by Crippen LogP contribution is -2.13. The van der Waals surface area contributed by atoms with Crippen molar-refractivity contribution < 1.29 is 4.79 Å². The van der Waals surface area contributed by atoms with Gasteiger partial charge in [-0.15, -0.1) is 0 Å². The van der Waals surface area contributed by atoms with Crippen LogP contribution in [0.2, 0.25) is 10.2 Å². The molecule has 3 heterocycles. The summed E-state index contributed by atoms with van der Waals surface area (Å²) in [7, 11) is 0. The Morgan fingerprint density at radius 2 is 1.86 bits per heavy atom. The molecule has 0 unspecified atom stereocenters. The number of aromatic nitrogens is 6. The SMILES string of the molecule is CC(C)c1c(CC(=O)Cc2ccc(-n3nccn3)c(Cl)c2)cnc2cc(Cl)nn12. The van der Waals surface area contributed by atoms with E-state index in [1.807, 2.05) is 12.1 Å². The maximum absolute atomic E-state index is 12.8. The fourth-order valence-electron chi connectivity index (χ4n) is 3.38. The third-order valence-electron chi connectivity index (χ3n) is 4.55. The number of Topliss-reactive ketones (excluding diaryl/α,β-unsaturated/α-hetero) is 1. The molecule has 0 aliphatic carbocycles. The summed E-state index contributed by atoms with van der Waals surface area (Å²) in [4.78, 5) is 18.6. The largest absolute Gasteiger partial charge is 0.299 e. The summed E-state index contributed by atoms with van der Waals surface area (Å²) in [6.45, 7) is 4.11. The van der Waals surface area contributed by atoms with E-state index >= 15 is 0 Å². The van der Waals surface area contributed by atoms with Crippen LogP contribution in [0.3, 0.4) is 0 Å². The van der Waals surface area contributed by atoms with Gasteiger partial charge in [0.15, 0.2) is 10.8 Å². The molecule has 7 nitrogen and oxygen atoms in total. The molecule has 148 valence electrons. The maximum Gasteiger partial charge on any atom is 0.156 e. The van der Waals surface area contributed by atoms with E-state index in [-0.39, 0.29) is 24.5 Å². The summed E-state index contributed by atoms with van der Waals surface area (Å²) in [6, 6.07) is 7.15. The van der Waals surface area contributed by atoms with Crippen molar-refractivity contribution in [2.45, 2.75) is 32.6 Å². The molecule has 0 N–H and O–H groups in total. The molecule has 0 amide bonds. The standard InChI is InChI=1S/C20H18Cl2N6O/c1-12(2)20-14(11-23-19-10-18(22)26-27(19)20)9-15(29)7-13-3-4-17(16(21)8-13)28-24-5-6-25-28/h3-6,8,10-12H,7,9H2,1-2H3. The van der Waals surface area contributed by atoms with Crippen LogP contribution < -0.4 is 0 Å². The van der Waals surface area contributed by atoms with Gasteiger partial charge in [-0.3, -0.25) is 4.79 Å². The number of hydrogen-bond acceptors (Lipinski definition) is 5. The first-order chi connectivity index (χ1) is 13.9. The summed E-state index contributed by atoms with van der Waals surface area (Å²) >= 11 is 12.4. The number of fused-ring (bicyclic) bond motifs is 1. The predicted octanol–water partition coefficient (Wildman–Crippen LogP) is 4.09. The van der Waals surface area contributed by atoms with Crippen LogP contribution >= 0.6 is 23.2 Å². The van der Waals surface area contributed by atoms with Crippen LogP contribution in [-0.4, -0.2) is 35.4 Å². The molecule has 29 heavy (non-hydrogen) atoms. The van der Waals surface area contributed by atoms with E-state index in [2.05, 4.69) is 34.1 Å². The van der Waals surface area contributed by atoms with Crippen molar-refractivity contribution in [1.82, 2.24) is 29.6 Å². The van der Waals surface area contributed by atoms with Gasteiger partial charge in [0, 0.05) is 25.1 Å². The highest BCUT2D eigenvalue weighted by Gasteiger charge is 2.17. The van der Waals surface area contributed by atoms with E-state index < -0.39 is 0 Å². The van der Waals surface area contributed by atoms with E-state index in [1.54, 1.807) is 35.2 Å². The minimum atomic E-state index is 0.0623. The summed E-state index contributed by atoms with van der Waals surface area (Å²) in [5, 5.41) is 13.3. The molecule has 3 aromatic heterocycles. The maximum atomic E-state index is 12.8. The molecule has 0 aliphatic rings. The van der Waals surface area contributed by atoms with Crippen LogP contribution in [0.5, 0.6) is 0 Å². The highest BCUT2D eigenvalue weighted by atomic mass is 35.5. The minimum absolute atomic E-state index is 0.0623. The van der Waals surface area contributed by atoms with Crippen molar-refractivity contribution in [2.75, 3.05) is 0 Å². The molecule has 0 fully saturated rings. The topological polar surface area (TPSA) is 78.0 Å². The van der Waals surface area contributed by atoms with Crippen molar-refractivity contribution in [3.63, 3.8) is 0 Å². The number of nitrogens with zero attached hydrogens (tertiary/aromatic N) is 6. The highest BCUT2D eigenvalue weighted by Crippen LogP contribution is 2.24. The van der Waals surface area contributed by atoms with Gasteiger partial charge < -0.3 is 0 Å². The molecule has 0 aliphatic heterocycles. The van der Waals surface area contributed by atoms with Gasteiger partial charge in [-0.2, -0.15) is 20.1 Å². The average molecular weight is 429 g/mol. The average Bonchev–Trinajstić information content (AvgIpc) is 3.30. The Labute approximate surface area is 177 Å². The van der Waals surface area contributed by atoms with Gasteiger partial charge in [-0.05, 0) is 29.2 Å². The van der Waals surface area contributed by atoms with Gasteiger partial charge in [-0.25, -0.2) is 9.50 Å². The van der Waals surface area contributed by atoms with E-state index in [4.69, 9.17) is 23.2 Å². The summed E-state index contributed by atoms with van der Waals surface area (Å²) in [5.74, 6) is 0.224. The molecular weight excluding hydrogens is 411 g/mol. The quantitative estimate of drug-likeness (QED) is 0.461. The second-order valence-corrected chi connectivity index (χ2v) is 7.85.